The van der Waals surface area contributed by atoms with Crippen LogP contribution in [0.1, 0.15) is 31.4 Å². The average molecular weight is 447 g/mol. The minimum absolute atomic E-state index is 0.167. The molecule has 0 atom stereocenters. The molecule has 30 heavy (non-hydrogen) atoms. The van der Waals surface area contributed by atoms with E-state index in [9.17, 15) is 14.4 Å². The highest BCUT2D eigenvalue weighted by Gasteiger charge is 2.18. The largest absolute Gasteiger partial charge is 0.459 e. The van der Waals surface area contributed by atoms with Crippen LogP contribution in [0, 0.1) is 6.92 Å². The van der Waals surface area contributed by atoms with Gasteiger partial charge in [-0.25, -0.2) is 4.79 Å². The van der Waals surface area contributed by atoms with E-state index in [1.807, 2.05) is 12.1 Å². The number of esters is 1. The Labute approximate surface area is 182 Å². The lowest BCUT2D eigenvalue weighted by Gasteiger charge is -2.06. The molecule has 7 nitrogen and oxygen atoms in total. The van der Waals surface area contributed by atoms with Crippen molar-refractivity contribution in [3.8, 4) is 0 Å². The van der Waals surface area contributed by atoms with E-state index in [0.29, 0.717) is 33.4 Å². The van der Waals surface area contributed by atoms with Gasteiger partial charge in [-0.05, 0) is 54.8 Å². The van der Waals surface area contributed by atoms with Gasteiger partial charge in [-0.2, -0.15) is 0 Å². The molecule has 0 aliphatic rings. The highest BCUT2D eigenvalue weighted by atomic mass is 35.5. The molecular weight excluding hydrogens is 428 g/mol. The second-order valence-corrected chi connectivity index (χ2v) is 7.85. The fourth-order valence-corrected chi connectivity index (χ4v) is 3.66. The lowest BCUT2D eigenvalue weighted by molar-refractivity contribution is -0.124. The first-order valence-corrected chi connectivity index (χ1v) is 10.3. The van der Waals surface area contributed by atoms with Crippen molar-refractivity contribution in [1.29, 1.82) is 0 Å². The Bertz CT molecular complexity index is 1030. The molecule has 0 bridgehead atoms. The number of rotatable bonds is 8. The minimum Gasteiger partial charge on any atom is -0.459 e. The van der Waals surface area contributed by atoms with Crippen molar-refractivity contribution in [3.05, 3.63) is 75.5 Å². The maximum atomic E-state index is 12.3. The van der Waals surface area contributed by atoms with E-state index in [2.05, 4.69) is 10.6 Å². The Morgan fingerprint density at radius 1 is 1.17 bits per heavy atom. The van der Waals surface area contributed by atoms with Crippen LogP contribution in [-0.4, -0.2) is 30.9 Å². The third kappa shape index (κ3) is 5.95. The van der Waals surface area contributed by atoms with Crippen molar-refractivity contribution < 1.29 is 23.5 Å². The van der Waals surface area contributed by atoms with Crippen molar-refractivity contribution in [2.75, 3.05) is 18.5 Å². The Balaban J connectivity index is 1.45. The zero-order valence-electron chi connectivity index (χ0n) is 16.1. The highest BCUT2D eigenvalue weighted by molar-refractivity contribution is 7.18. The molecule has 2 amide bonds. The van der Waals surface area contributed by atoms with Crippen molar-refractivity contribution in [2.24, 2.45) is 0 Å². The molecule has 2 aromatic heterocycles. The third-order valence-electron chi connectivity index (χ3n) is 4.07. The number of aryl methyl sites for hydroxylation is 1. The van der Waals surface area contributed by atoms with Gasteiger partial charge in [0, 0.05) is 11.6 Å². The van der Waals surface area contributed by atoms with Crippen LogP contribution < -0.4 is 10.6 Å². The normalized spacial score (nSPS) is 10.5. The molecule has 9 heteroatoms. The number of carbonyl (C=O) groups is 3. The molecule has 3 rings (SSSR count). The first kappa shape index (κ1) is 21.6. The van der Waals surface area contributed by atoms with E-state index in [1.54, 1.807) is 31.2 Å². The summed E-state index contributed by atoms with van der Waals surface area (Å²) in [4.78, 5) is 36.6. The molecular formula is C21H19ClN2O5S. The van der Waals surface area contributed by atoms with E-state index in [-0.39, 0.29) is 12.4 Å². The minimum atomic E-state index is -0.621. The molecule has 0 fully saturated rings. The molecule has 0 saturated heterocycles. The summed E-state index contributed by atoms with van der Waals surface area (Å²) >= 11 is 6.91. The third-order valence-corrected chi connectivity index (χ3v) is 5.45. The van der Waals surface area contributed by atoms with E-state index in [0.717, 1.165) is 16.9 Å². The van der Waals surface area contributed by atoms with Crippen molar-refractivity contribution in [2.45, 2.75) is 13.3 Å². The second kappa shape index (κ2) is 10.1. The van der Waals surface area contributed by atoms with Gasteiger partial charge < -0.3 is 19.8 Å². The van der Waals surface area contributed by atoms with Gasteiger partial charge in [0.25, 0.3) is 11.8 Å². The number of hydrogen-bond donors (Lipinski definition) is 2. The Morgan fingerprint density at radius 3 is 2.63 bits per heavy atom. The summed E-state index contributed by atoms with van der Waals surface area (Å²) in [7, 11) is 0. The quantitative estimate of drug-likeness (QED) is 0.508. The fourth-order valence-electron chi connectivity index (χ4n) is 2.57. The summed E-state index contributed by atoms with van der Waals surface area (Å²) < 4.78 is 10.1. The molecule has 0 aliphatic carbocycles. The van der Waals surface area contributed by atoms with E-state index in [1.165, 1.54) is 12.3 Å². The fraction of sp³-hybridized carbons (Fsp3) is 0.190. The van der Waals surface area contributed by atoms with Gasteiger partial charge >= 0.3 is 5.97 Å². The van der Waals surface area contributed by atoms with E-state index < -0.39 is 17.8 Å². The first-order chi connectivity index (χ1) is 14.4. The number of anilines is 1. The zero-order valence-corrected chi connectivity index (χ0v) is 17.6. The summed E-state index contributed by atoms with van der Waals surface area (Å²) in [5.41, 5.74) is 1.68. The summed E-state index contributed by atoms with van der Waals surface area (Å²) in [5, 5.41) is 6.50. The number of ether oxygens (including phenoxy) is 1. The average Bonchev–Trinajstić information content (AvgIpc) is 3.38. The van der Waals surface area contributed by atoms with Gasteiger partial charge in [0.05, 0.1) is 11.3 Å². The van der Waals surface area contributed by atoms with Gasteiger partial charge in [-0.15, -0.1) is 11.3 Å². The molecule has 0 radical (unpaired) electrons. The molecule has 3 aromatic rings. The highest BCUT2D eigenvalue weighted by Crippen LogP contribution is 2.27. The van der Waals surface area contributed by atoms with Crippen LogP contribution in [0.15, 0.2) is 53.1 Å². The predicted octanol–water partition coefficient (Wildman–Crippen LogP) is 4.07. The van der Waals surface area contributed by atoms with Crippen LogP contribution in [-0.2, 0) is 16.0 Å². The maximum Gasteiger partial charge on any atom is 0.349 e. The van der Waals surface area contributed by atoms with Crippen LogP contribution in [0.3, 0.4) is 0 Å². The zero-order chi connectivity index (χ0) is 21.5. The molecule has 2 heterocycles. The number of amides is 2. The lowest BCUT2D eigenvalue weighted by Crippen LogP contribution is -2.30. The van der Waals surface area contributed by atoms with E-state index >= 15 is 0 Å². The van der Waals surface area contributed by atoms with Gasteiger partial charge in [0.2, 0.25) is 0 Å². The summed E-state index contributed by atoms with van der Waals surface area (Å²) in [5.74, 6) is -1.26. The number of carbonyl (C=O) groups excluding carboxylic acids is 3. The van der Waals surface area contributed by atoms with Crippen LogP contribution in [0.25, 0.3) is 0 Å². The SMILES string of the molecule is Cc1cc(NC(=O)c2ccco2)sc1C(=O)OCC(=O)NCCc1ccc(Cl)cc1. The number of nitrogens with one attached hydrogen (secondary N) is 2. The molecule has 156 valence electrons. The van der Waals surface area contributed by atoms with E-state index in [4.69, 9.17) is 20.8 Å². The summed E-state index contributed by atoms with van der Waals surface area (Å²) in [6.45, 7) is 1.76. The number of thiophene rings is 1. The number of benzene rings is 1. The van der Waals surface area contributed by atoms with Crippen LogP contribution in [0.4, 0.5) is 5.00 Å². The molecule has 0 unspecified atom stereocenters. The van der Waals surface area contributed by atoms with Crippen LogP contribution >= 0.6 is 22.9 Å². The molecule has 2 N–H and O–H groups in total. The van der Waals surface area contributed by atoms with Crippen molar-refractivity contribution in [3.63, 3.8) is 0 Å². The summed E-state index contributed by atoms with van der Waals surface area (Å²) in [6.07, 6.45) is 2.04. The van der Waals surface area contributed by atoms with Gasteiger partial charge in [0.1, 0.15) is 4.88 Å². The van der Waals surface area contributed by atoms with Crippen LogP contribution in [0.2, 0.25) is 5.02 Å². The molecule has 0 spiro atoms. The lowest BCUT2D eigenvalue weighted by atomic mass is 10.1. The van der Waals surface area contributed by atoms with Crippen molar-refractivity contribution in [1.82, 2.24) is 5.32 Å². The Kier molecular flexibility index (Phi) is 7.26. The second-order valence-electron chi connectivity index (χ2n) is 6.36. The molecule has 0 saturated carbocycles. The standard InChI is InChI=1S/C21H19ClN2O5S/c1-13-11-18(24-20(26)16-3-2-10-28-16)30-19(13)21(27)29-12-17(25)23-9-8-14-4-6-15(22)7-5-14/h2-7,10-11H,8-9,12H2,1H3,(H,23,25)(H,24,26). The number of furan rings is 1. The number of halogens is 1. The Hall–Kier alpha value is -3.10. The van der Waals surface area contributed by atoms with Crippen LogP contribution in [0.5, 0.6) is 0 Å². The molecule has 0 aliphatic heterocycles. The smallest absolute Gasteiger partial charge is 0.349 e. The van der Waals surface area contributed by atoms with Gasteiger partial charge in [-0.1, -0.05) is 23.7 Å². The number of hydrogen-bond acceptors (Lipinski definition) is 6. The predicted molar refractivity (Wildman–Crippen MR) is 114 cm³/mol. The van der Waals surface area contributed by atoms with Gasteiger partial charge in [-0.3, -0.25) is 9.59 Å². The van der Waals surface area contributed by atoms with Crippen molar-refractivity contribution >= 4 is 45.7 Å². The topological polar surface area (TPSA) is 97.6 Å². The summed E-state index contributed by atoms with van der Waals surface area (Å²) in [6, 6.07) is 12.2. The monoisotopic (exact) mass is 446 g/mol. The van der Waals surface area contributed by atoms with Gasteiger partial charge in [0.15, 0.2) is 12.4 Å². The maximum absolute atomic E-state index is 12.3. The molecule has 1 aromatic carbocycles. The first-order valence-electron chi connectivity index (χ1n) is 9.06. The Morgan fingerprint density at radius 2 is 1.93 bits per heavy atom.